The quantitative estimate of drug-likeness (QED) is 0.419. The number of amides is 2. The maximum Gasteiger partial charge on any atom is 0.271 e. The van der Waals surface area contributed by atoms with Crippen LogP contribution in [0.15, 0.2) is 42.5 Å². The highest BCUT2D eigenvalue weighted by molar-refractivity contribution is 7.92. The van der Waals surface area contributed by atoms with Gasteiger partial charge in [0.15, 0.2) is 0 Å². The van der Waals surface area contributed by atoms with E-state index in [0.29, 0.717) is 16.1 Å². The summed E-state index contributed by atoms with van der Waals surface area (Å²) in [6.45, 7) is 2.45. The molecule has 12 heteroatoms. The van der Waals surface area contributed by atoms with Crippen molar-refractivity contribution in [3.63, 3.8) is 0 Å². The Balaban J connectivity index is 2.48. The number of nitrogens with one attached hydrogen (secondary N) is 1. The van der Waals surface area contributed by atoms with Crippen molar-refractivity contribution in [2.45, 2.75) is 26.4 Å². The number of carbonyl (C=O) groups is 2. The van der Waals surface area contributed by atoms with Crippen molar-refractivity contribution in [3.8, 4) is 0 Å². The molecule has 0 saturated carbocycles. The number of sulfonamides is 1. The molecule has 33 heavy (non-hydrogen) atoms. The van der Waals surface area contributed by atoms with Gasteiger partial charge in [0.25, 0.3) is 5.69 Å². The third kappa shape index (κ3) is 6.65. The Kier molecular flexibility index (Phi) is 8.39. The molecule has 1 N–H and O–H groups in total. The molecule has 0 saturated heterocycles. The van der Waals surface area contributed by atoms with Gasteiger partial charge in [-0.2, -0.15) is 0 Å². The molecule has 0 radical (unpaired) electrons. The van der Waals surface area contributed by atoms with Gasteiger partial charge in [0.05, 0.1) is 16.9 Å². The normalized spacial score (nSPS) is 12.0. The van der Waals surface area contributed by atoms with Crippen LogP contribution in [0.1, 0.15) is 18.1 Å². The van der Waals surface area contributed by atoms with Gasteiger partial charge in [-0.3, -0.25) is 24.0 Å². The Hall–Kier alpha value is -3.18. The molecule has 0 bridgehead atoms. The van der Waals surface area contributed by atoms with Crippen molar-refractivity contribution < 1.29 is 22.9 Å². The van der Waals surface area contributed by atoms with E-state index in [9.17, 15) is 28.1 Å². The van der Waals surface area contributed by atoms with Gasteiger partial charge in [0.2, 0.25) is 21.8 Å². The molecule has 1 atom stereocenters. The smallest absolute Gasteiger partial charge is 0.271 e. The van der Waals surface area contributed by atoms with Gasteiger partial charge in [0.1, 0.15) is 12.6 Å². The van der Waals surface area contributed by atoms with Gasteiger partial charge in [-0.1, -0.05) is 29.8 Å². The maximum absolute atomic E-state index is 13.3. The van der Waals surface area contributed by atoms with Crippen LogP contribution in [0.5, 0.6) is 0 Å². The van der Waals surface area contributed by atoms with Gasteiger partial charge in [-0.15, -0.1) is 0 Å². The lowest BCUT2D eigenvalue weighted by molar-refractivity contribution is -0.384. The Morgan fingerprint density at radius 2 is 1.88 bits per heavy atom. The second-order valence-corrected chi connectivity index (χ2v) is 9.78. The summed E-state index contributed by atoms with van der Waals surface area (Å²) in [6.07, 6.45) is 0.905. The molecule has 0 aromatic heterocycles. The monoisotopic (exact) mass is 496 g/mol. The summed E-state index contributed by atoms with van der Waals surface area (Å²) < 4.78 is 26.0. The van der Waals surface area contributed by atoms with E-state index in [2.05, 4.69) is 5.32 Å². The van der Waals surface area contributed by atoms with Crippen LogP contribution in [0.3, 0.4) is 0 Å². The lowest BCUT2D eigenvalue weighted by Crippen LogP contribution is -2.50. The third-order valence-electron chi connectivity index (χ3n) is 5.01. The first-order valence-electron chi connectivity index (χ1n) is 9.83. The number of halogens is 1. The molecular formula is C21H25ClN4O6S. The molecule has 178 valence electrons. The van der Waals surface area contributed by atoms with Crippen LogP contribution >= 0.6 is 11.6 Å². The molecule has 2 amide bonds. The van der Waals surface area contributed by atoms with E-state index < -0.39 is 39.3 Å². The number of nitrogens with zero attached hydrogens (tertiary/aromatic N) is 3. The molecule has 0 fully saturated rings. The van der Waals surface area contributed by atoms with Crippen LogP contribution < -0.4 is 9.62 Å². The third-order valence-corrected chi connectivity index (χ3v) is 6.37. The number of non-ortho nitro benzene ring substituents is 1. The minimum atomic E-state index is -4.00. The number of likely N-dealkylation sites (N-methyl/N-ethyl adjacent to an activating group) is 1. The summed E-state index contributed by atoms with van der Waals surface area (Å²) in [4.78, 5) is 37.4. The lowest BCUT2D eigenvalue weighted by Gasteiger charge is -2.31. The van der Waals surface area contributed by atoms with Crippen molar-refractivity contribution in [2.24, 2.45) is 0 Å². The maximum atomic E-state index is 13.3. The first-order chi connectivity index (χ1) is 15.3. The molecule has 0 aliphatic heterocycles. The zero-order valence-electron chi connectivity index (χ0n) is 18.6. The predicted molar refractivity (Wildman–Crippen MR) is 126 cm³/mol. The summed E-state index contributed by atoms with van der Waals surface area (Å²) in [5, 5.41) is 14.1. The topological polar surface area (TPSA) is 130 Å². The first-order valence-corrected chi connectivity index (χ1v) is 12.1. The number of nitro benzene ring substituents is 1. The van der Waals surface area contributed by atoms with Crippen LogP contribution in [0, 0.1) is 17.0 Å². The highest BCUT2D eigenvalue weighted by Crippen LogP contribution is 2.28. The minimum absolute atomic E-state index is 0.000495. The van der Waals surface area contributed by atoms with Crippen molar-refractivity contribution >= 4 is 44.8 Å². The van der Waals surface area contributed by atoms with Crippen molar-refractivity contribution in [2.75, 3.05) is 24.2 Å². The number of carbonyl (C=O) groups excluding carboxylic acids is 2. The fourth-order valence-corrected chi connectivity index (χ4v) is 4.31. The number of nitro groups is 1. The molecule has 2 rings (SSSR count). The van der Waals surface area contributed by atoms with E-state index >= 15 is 0 Å². The number of hydrogen-bond acceptors (Lipinski definition) is 6. The van der Waals surface area contributed by atoms with Crippen LogP contribution in [0.2, 0.25) is 5.02 Å². The molecule has 0 aliphatic rings. The van der Waals surface area contributed by atoms with Crippen LogP contribution in [-0.4, -0.2) is 55.9 Å². The number of aryl methyl sites for hydroxylation is 1. The first kappa shape index (κ1) is 26.1. The molecule has 10 nitrogen and oxygen atoms in total. The summed E-state index contributed by atoms with van der Waals surface area (Å²) >= 11 is 6.03. The van der Waals surface area contributed by atoms with E-state index in [0.717, 1.165) is 16.6 Å². The van der Waals surface area contributed by atoms with E-state index in [1.165, 1.54) is 31.0 Å². The molecular weight excluding hydrogens is 472 g/mol. The van der Waals surface area contributed by atoms with Crippen molar-refractivity contribution in [1.29, 1.82) is 0 Å². The van der Waals surface area contributed by atoms with Gasteiger partial charge in [-0.05, 0) is 37.1 Å². The molecule has 2 aromatic carbocycles. The van der Waals surface area contributed by atoms with E-state index in [1.54, 1.807) is 31.2 Å². The Morgan fingerprint density at radius 3 is 2.42 bits per heavy atom. The molecule has 0 spiro atoms. The summed E-state index contributed by atoms with van der Waals surface area (Å²) in [7, 11) is -2.57. The largest absolute Gasteiger partial charge is 0.357 e. The van der Waals surface area contributed by atoms with E-state index in [-0.39, 0.29) is 17.9 Å². The standard InChI is InChI=1S/C21H25ClN4O6S/c1-14-8-9-18(26(29)30)11-19(14)25(33(4,31)32)13-20(27)24(15(2)21(28)23-3)12-16-6-5-7-17(22)10-16/h5-11,15H,12-13H2,1-4H3,(H,23,28)/t15-/m1/s1. The van der Waals surface area contributed by atoms with E-state index in [4.69, 9.17) is 11.6 Å². The van der Waals surface area contributed by atoms with Crippen molar-refractivity contribution in [3.05, 3.63) is 68.7 Å². The van der Waals surface area contributed by atoms with E-state index in [1.807, 2.05) is 0 Å². The SMILES string of the molecule is CNC(=O)[C@@H](C)N(Cc1cccc(Cl)c1)C(=O)CN(c1cc([N+](=O)[O-])ccc1C)S(C)(=O)=O. The second-order valence-electron chi connectivity index (χ2n) is 7.44. The molecule has 0 unspecified atom stereocenters. The van der Waals surface area contributed by atoms with Gasteiger partial charge < -0.3 is 10.2 Å². The van der Waals surface area contributed by atoms with Crippen molar-refractivity contribution in [1.82, 2.24) is 10.2 Å². The summed E-state index contributed by atoms with van der Waals surface area (Å²) in [5.74, 6) is -1.11. The lowest BCUT2D eigenvalue weighted by atomic mass is 10.1. The Labute approximate surface area is 197 Å². The average Bonchev–Trinajstić information content (AvgIpc) is 2.74. The number of anilines is 1. The number of benzene rings is 2. The highest BCUT2D eigenvalue weighted by Gasteiger charge is 2.30. The van der Waals surface area contributed by atoms with Crippen LogP contribution in [0.4, 0.5) is 11.4 Å². The minimum Gasteiger partial charge on any atom is -0.357 e. The molecule has 2 aromatic rings. The Morgan fingerprint density at radius 1 is 1.21 bits per heavy atom. The summed E-state index contributed by atoms with van der Waals surface area (Å²) in [6, 6.07) is 9.56. The average molecular weight is 497 g/mol. The van der Waals surface area contributed by atoms with Crippen LogP contribution in [0.25, 0.3) is 0 Å². The number of hydrogen-bond donors (Lipinski definition) is 1. The number of rotatable bonds is 9. The molecule has 0 heterocycles. The Bertz CT molecular complexity index is 1170. The summed E-state index contributed by atoms with van der Waals surface area (Å²) in [5.41, 5.74) is 0.769. The predicted octanol–water partition coefficient (Wildman–Crippen LogP) is 2.49. The van der Waals surface area contributed by atoms with Gasteiger partial charge in [-0.25, -0.2) is 8.42 Å². The zero-order valence-corrected chi connectivity index (χ0v) is 20.2. The molecule has 0 aliphatic carbocycles. The van der Waals surface area contributed by atoms with Gasteiger partial charge >= 0.3 is 0 Å². The highest BCUT2D eigenvalue weighted by atomic mass is 35.5. The second kappa shape index (κ2) is 10.6. The van der Waals surface area contributed by atoms with Gasteiger partial charge in [0, 0.05) is 30.7 Å². The fourth-order valence-electron chi connectivity index (χ4n) is 3.20. The zero-order chi connectivity index (χ0) is 24.9. The van der Waals surface area contributed by atoms with Crippen LogP contribution in [-0.2, 0) is 26.2 Å². The fraction of sp³-hybridized carbons (Fsp3) is 0.333.